The van der Waals surface area contributed by atoms with Gasteiger partial charge >= 0.3 is 0 Å². The second-order valence-electron chi connectivity index (χ2n) is 4.86. The van der Waals surface area contributed by atoms with Crippen molar-refractivity contribution in [2.75, 3.05) is 5.33 Å². The zero-order chi connectivity index (χ0) is 14.7. The standard InChI is InChI=1S/C18H14BrNO/c19-9-3-6-16-15-5-2-1-4-14(15)12-21-18-8-7-13(11-20)10-17(16)18/h1-2,4-8,10H,3,9,12H2/b16-6+. The van der Waals surface area contributed by atoms with Gasteiger partial charge in [0, 0.05) is 10.9 Å². The Hall–Kier alpha value is -2.05. The Morgan fingerprint density at radius 1 is 1.19 bits per heavy atom. The lowest BCUT2D eigenvalue weighted by atomic mass is 9.93. The van der Waals surface area contributed by atoms with Crippen molar-refractivity contribution in [1.82, 2.24) is 0 Å². The Bertz CT molecular complexity index is 743. The zero-order valence-corrected chi connectivity index (χ0v) is 13.1. The summed E-state index contributed by atoms with van der Waals surface area (Å²) < 4.78 is 5.92. The second-order valence-corrected chi connectivity index (χ2v) is 5.66. The number of allylic oxidation sites excluding steroid dienone is 1. The average Bonchev–Trinajstić information content (AvgIpc) is 2.69. The van der Waals surface area contributed by atoms with E-state index in [2.05, 4.69) is 40.2 Å². The molecule has 0 unspecified atom stereocenters. The maximum atomic E-state index is 9.15. The van der Waals surface area contributed by atoms with Crippen molar-refractivity contribution in [3.8, 4) is 11.8 Å². The molecule has 21 heavy (non-hydrogen) atoms. The van der Waals surface area contributed by atoms with Crippen molar-refractivity contribution in [3.05, 3.63) is 70.8 Å². The van der Waals surface area contributed by atoms with E-state index in [0.29, 0.717) is 12.2 Å². The Morgan fingerprint density at radius 3 is 2.86 bits per heavy atom. The van der Waals surface area contributed by atoms with Crippen LogP contribution in [-0.2, 0) is 6.61 Å². The topological polar surface area (TPSA) is 33.0 Å². The molecule has 0 spiro atoms. The van der Waals surface area contributed by atoms with Crippen molar-refractivity contribution in [3.63, 3.8) is 0 Å². The molecule has 0 N–H and O–H groups in total. The summed E-state index contributed by atoms with van der Waals surface area (Å²) in [5, 5.41) is 10.1. The Balaban J connectivity index is 2.22. The van der Waals surface area contributed by atoms with Crippen molar-refractivity contribution in [2.45, 2.75) is 13.0 Å². The summed E-state index contributed by atoms with van der Waals surface area (Å²) in [4.78, 5) is 0. The maximum Gasteiger partial charge on any atom is 0.127 e. The first kappa shape index (κ1) is 13.9. The number of ether oxygens (including phenoxy) is 1. The quantitative estimate of drug-likeness (QED) is 0.745. The van der Waals surface area contributed by atoms with Crippen LogP contribution in [0.3, 0.4) is 0 Å². The summed E-state index contributed by atoms with van der Waals surface area (Å²) in [6.45, 7) is 0.556. The van der Waals surface area contributed by atoms with Gasteiger partial charge in [-0.25, -0.2) is 0 Å². The molecular formula is C18H14BrNO. The van der Waals surface area contributed by atoms with Gasteiger partial charge in [-0.2, -0.15) is 5.26 Å². The minimum Gasteiger partial charge on any atom is -0.488 e. The highest BCUT2D eigenvalue weighted by molar-refractivity contribution is 9.09. The first-order valence-corrected chi connectivity index (χ1v) is 7.97. The number of nitriles is 1. The third-order valence-electron chi connectivity index (χ3n) is 3.55. The SMILES string of the molecule is N#Cc1ccc2c(c1)/C(=C/CCBr)c1ccccc1CO2. The van der Waals surface area contributed by atoms with Crippen LogP contribution in [0, 0.1) is 11.3 Å². The van der Waals surface area contributed by atoms with Crippen LogP contribution in [0.15, 0.2) is 48.5 Å². The first-order valence-electron chi connectivity index (χ1n) is 6.85. The molecule has 0 radical (unpaired) electrons. The van der Waals surface area contributed by atoms with Crippen LogP contribution in [0.4, 0.5) is 0 Å². The van der Waals surface area contributed by atoms with Gasteiger partial charge in [0.25, 0.3) is 0 Å². The van der Waals surface area contributed by atoms with Crippen LogP contribution in [0.1, 0.15) is 28.7 Å². The molecule has 0 aliphatic carbocycles. The first-order chi connectivity index (χ1) is 10.3. The Kier molecular flexibility index (Phi) is 4.08. The number of benzene rings is 2. The molecule has 0 aromatic heterocycles. The van der Waals surface area contributed by atoms with E-state index >= 15 is 0 Å². The fourth-order valence-corrected chi connectivity index (χ4v) is 2.79. The van der Waals surface area contributed by atoms with Crippen molar-refractivity contribution in [2.24, 2.45) is 0 Å². The van der Waals surface area contributed by atoms with Crippen LogP contribution in [0.5, 0.6) is 5.75 Å². The molecule has 1 heterocycles. The second kappa shape index (κ2) is 6.15. The van der Waals surface area contributed by atoms with Crippen molar-refractivity contribution >= 4 is 21.5 Å². The van der Waals surface area contributed by atoms with Crippen molar-refractivity contribution < 1.29 is 4.74 Å². The molecule has 0 saturated carbocycles. The molecule has 2 nitrogen and oxygen atoms in total. The largest absolute Gasteiger partial charge is 0.488 e. The highest BCUT2D eigenvalue weighted by Gasteiger charge is 2.19. The minimum absolute atomic E-state index is 0.556. The fourth-order valence-electron chi connectivity index (χ4n) is 2.56. The van der Waals surface area contributed by atoms with Gasteiger partial charge in [-0.1, -0.05) is 46.3 Å². The maximum absolute atomic E-state index is 9.15. The predicted molar refractivity (Wildman–Crippen MR) is 87.4 cm³/mol. The molecular weight excluding hydrogens is 326 g/mol. The number of halogens is 1. The highest BCUT2D eigenvalue weighted by atomic mass is 79.9. The Labute approximate surface area is 132 Å². The van der Waals surface area contributed by atoms with Gasteiger partial charge in [-0.3, -0.25) is 0 Å². The third kappa shape index (κ3) is 2.72. The van der Waals surface area contributed by atoms with E-state index in [1.165, 1.54) is 11.1 Å². The van der Waals surface area contributed by atoms with Gasteiger partial charge in [-0.05, 0) is 41.3 Å². The molecule has 104 valence electrons. The van der Waals surface area contributed by atoms with E-state index in [-0.39, 0.29) is 0 Å². The normalized spacial score (nSPS) is 14.6. The van der Waals surface area contributed by atoms with E-state index in [1.807, 2.05) is 24.3 Å². The van der Waals surface area contributed by atoms with Crippen LogP contribution >= 0.6 is 15.9 Å². The molecule has 2 aromatic carbocycles. The van der Waals surface area contributed by atoms with Gasteiger partial charge < -0.3 is 4.74 Å². The molecule has 0 bridgehead atoms. The van der Waals surface area contributed by atoms with Crippen LogP contribution < -0.4 is 4.74 Å². The lowest BCUT2D eigenvalue weighted by Gasteiger charge is -2.10. The summed E-state index contributed by atoms with van der Waals surface area (Å²) in [7, 11) is 0. The third-order valence-corrected chi connectivity index (χ3v) is 4.00. The predicted octanol–water partition coefficient (Wildman–Crippen LogP) is 4.67. The smallest absolute Gasteiger partial charge is 0.127 e. The van der Waals surface area contributed by atoms with Gasteiger partial charge in [0.2, 0.25) is 0 Å². The Morgan fingerprint density at radius 2 is 2.05 bits per heavy atom. The summed E-state index contributed by atoms with van der Waals surface area (Å²) >= 11 is 3.48. The van der Waals surface area contributed by atoms with Gasteiger partial charge in [0.1, 0.15) is 12.4 Å². The van der Waals surface area contributed by atoms with Gasteiger partial charge in [0.15, 0.2) is 0 Å². The van der Waals surface area contributed by atoms with Crippen molar-refractivity contribution in [1.29, 1.82) is 5.26 Å². The molecule has 0 saturated heterocycles. The van der Waals surface area contributed by atoms with Gasteiger partial charge in [0.05, 0.1) is 11.6 Å². The van der Waals surface area contributed by atoms with Crippen LogP contribution in [0.25, 0.3) is 5.57 Å². The molecule has 1 aliphatic heterocycles. The lowest BCUT2D eigenvalue weighted by molar-refractivity contribution is 0.307. The number of rotatable bonds is 2. The van der Waals surface area contributed by atoms with E-state index in [1.54, 1.807) is 6.07 Å². The van der Waals surface area contributed by atoms with E-state index in [0.717, 1.165) is 28.6 Å². The van der Waals surface area contributed by atoms with Gasteiger partial charge in [-0.15, -0.1) is 0 Å². The summed E-state index contributed by atoms with van der Waals surface area (Å²) in [5.74, 6) is 0.839. The lowest BCUT2D eigenvalue weighted by Crippen LogP contribution is -1.94. The monoisotopic (exact) mass is 339 g/mol. The zero-order valence-electron chi connectivity index (χ0n) is 11.5. The number of fused-ring (bicyclic) bond motifs is 2. The minimum atomic E-state index is 0.556. The number of hydrogen-bond acceptors (Lipinski definition) is 2. The number of hydrogen-bond donors (Lipinski definition) is 0. The molecule has 0 amide bonds. The molecule has 0 fully saturated rings. The summed E-state index contributed by atoms with van der Waals surface area (Å²) in [6, 6.07) is 16.1. The van der Waals surface area contributed by atoms with Crippen LogP contribution in [0.2, 0.25) is 0 Å². The molecule has 3 rings (SSSR count). The number of nitrogens with zero attached hydrogens (tertiary/aromatic N) is 1. The van der Waals surface area contributed by atoms with E-state index < -0.39 is 0 Å². The molecule has 0 atom stereocenters. The fraction of sp³-hybridized carbons (Fsp3) is 0.167. The number of alkyl halides is 1. The van der Waals surface area contributed by atoms with E-state index in [9.17, 15) is 0 Å². The molecule has 1 aliphatic rings. The highest BCUT2D eigenvalue weighted by Crippen LogP contribution is 2.37. The summed E-state index contributed by atoms with van der Waals surface area (Å²) in [5.41, 5.74) is 5.16. The average molecular weight is 340 g/mol. The van der Waals surface area contributed by atoms with E-state index in [4.69, 9.17) is 10.00 Å². The molecule has 2 aromatic rings. The summed E-state index contributed by atoms with van der Waals surface area (Å²) in [6.07, 6.45) is 3.14. The molecule has 3 heteroatoms. The van der Waals surface area contributed by atoms with Crippen LogP contribution in [-0.4, -0.2) is 5.33 Å².